The third kappa shape index (κ3) is 3.17. The Hall–Kier alpha value is 0.124. The Morgan fingerprint density at radius 2 is 2.11 bits per heavy atom. The minimum atomic E-state index is -0.681. The number of hydrogen-bond donors (Lipinski definition) is 0. The van der Waals surface area contributed by atoms with Gasteiger partial charge in [0.15, 0.2) is 0 Å². The smallest absolute Gasteiger partial charge is 0.235 e. The minimum absolute atomic E-state index is 0. The van der Waals surface area contributed by atoms with Gasteiger partial charge in [0.05, 0.1) is 9.74 Å². The maximum Gasteiger partial charge on any atom is 0.235 e. The van der Waals surface area contributed by atoms with Crippen molar-refractivity contribution in [2.45, 2.75) is 10.3 Å². The number of benzene rings is 1. The zero-order valence-electron chi connectivity index (χ0n) is 9.58. The number of halogens is 3. The Bertz CT molecular complexity index is 507. The molecule has 1 aromatic rings. The normalized spacial score (nSPS) is 19.3. The number of carbonyl (C=O) groups is 1. The largest absolute Gasteiger partial charge is 0.349 e. The minimum Gasteiger partial charge on any atom is -0.349 e. The summed E-state index contributed by atoms with van der Waals surface area (Å²) >= 11 is 2.02. The van der Waals surface area contributed by atoms with Crippen LogP contribution >= 0.6 is 22.6 Å². The SMILES string of the molecule is CN1C(=O)C(I)C[C-]=C1c1ccc(F)cc1F.[Y]. The molecule has 93 valence electrons. The van der Waals surface area contributed by atoms with Gasteiger partial charge in [0.25, 0.3) is 0 Å². The molecule has 0 spiro atoms. The fraction of sp³-hybridized carbons (Fsp3) is 0.250. The zero-order valence-corrected chi connectivity index (χ0v) is 14.6. The van der Waals surface area contributed by atoms with Gasteiger partial charge in [-0.3, -0.25) is 4.79 Å². The topological polar surface area (TPSA) is 20.3 Å². The van der Waals surface area contributed by atoms with E-state index in [4.69, 9.17) is 0 Å². The van der Waals surface area contributed by atoms with Gasteiger partial charge in [-0.1, -0.05) is 29.0 Å². The van der Waals surface area contributed by atoms with Crippen molar-refractivity contribution >= 4 is 34.2 Å². The monoisotopic (exact) mass is 437 g/mol. The molecule has 2 rings (SSSR count). The van der Waals surface area contributed by atoms with Crippen LogP contribution in [0.3, 0.4) is 0 Å². The van der Waals surface area contributed by atoms with E-state index in [0.717, 1.165) is 6.07 Å². The second-order valence-corrected chi connectivity index (χ2v) is 5.22. The van der Waals surface area contributed by atoms with E-state index in [1.807, 2.05) is 22.6 Å². The van der Waals surface area contributed by atoms with E-state index in [2.05, 4.69) is 6.08 Å². The molecule has 1 radical (unpaired) electrons. The summed E-state index contributed by atoms with van der Waals surface area (Å²) in [5, 5.41) is 0. The molecule has 1 unspecified atom stereocenters. The summed E-state index contributed by atoms with van der Waals surface area (Å²) in [6.45, 7) is 0. The molecule has 2 nitrogen and oxygen atoms in total. The third-order valence-corrected chi connectivity index (χ3v) is 3.54. The van der Waals surface area contributed by atoms with E-state index in [1.54, 1.807) is 7.05 Å². The predicted molar refractivity (Wildman–Crippen MR) is 68.2 cm³/mol. The van der Waals surface area contributed by atoms with Gasteiger partial charge in [0, 0.05) is 39.8 Å². The average molecular weight is 437 g/mol. The molecule has 0 fully saturated rings. The van der Waals surface area contributed by atoms with Gasteiger partial charge in [-0.15, -0.1) is 17.3 Å². The summed E-state index contributed by atoms with van der Waals surface area (Å²) in [6.07, 6.45) is 3.42. The Labute approximate surface area is 143 Å². The summed E-state index contributed by atoms with van der Waals surface area (Å²) in [5.41, 5.74) is 0.575. The van der Waals surface area contributed by atoms with Gasteiger partial charge in [-0.2, -0.15) is 0 Å². The molecular formula is C12H9F2INOY-. The van der Waals surface area contributed by atoms with Crippen molar-refractivity contribution in [3.63, 3.8) is 0 Å². The number of amides is 1. The van der Waals surface area contributed by atoms with Crippen molar-refractivity contribution in [1.82, 2.24) is 4.90 Å². The van der Waals surface area contributed by atoms with Crippen molar-refractivity contribution in [3.05, 3.63) is 41.5 Å². The third-order valence-electron chi connectivity index (χ3n) is 2.57. The molecular weight excluding hydrogens is 428 g/mol. The molecule has 1 aliphatic rings. The number of hydrogen-bond acceptors (Lipinski definition) is 1. The molecule has 0 bridgehead atoms. The average Bonchev–Trinajstić information content (AvgIpc) is 2.28. The van der Waals surface area contributed by atoms with E-state index in [0.29, 0.717) is 12.1 Å². The molecule has 18 heavy (non-hydrogen) atoms. The molecule has 0 aromatic heterocycles. The van der Waals surface area contributed by atoms with Crippen molar-refractivity contribution in [2.24, 2.45) is 0 Å². The molecule has 0 saturated carbocycles. The summed E-state index contributed by atoms with van der Waals surface area (Å²) in [5.74, 6) is -1.41. The number of nitrogens with zero attached hydrogens (tertiary/aromatic N) is 1. The molecule has 0 N–H and O–H groups in total. The molecule has 6 heteroatoms. The molecule has 0 aliphatic carbocycles. The van der Waals surface area contributed by atoms with Gasteiger partial charge in [0.1, 0.15) is 5.82 Å². The number of allylic oxidation sites excluding steroid dienone is 1. The molecule has 1 atom stereocenters. The van der Waals surface area contributed by atoms with Crippen LogP contribution in [0.1, 0.15) is 12.0 Å². The van der Waals surface area contributed by atoms with Gasteiger partial charge in [-0.05, 0) is 12.1 Å². The van der Waals surface area contributed by atoms with Gasteiger partial charge < -0.3 is 4.90 Å². The zero-order chi connectivity index (χ0) is 12.6. The maximum atomic E-state index is 13.6. The first-order valence-corrected chi connectivity index (χ1v) is 6.23. The van der Waals surface area contributed by atoms with E-state index >= 15 is 0 Å². The van der Waals surface area contributed by atoms with E-state index in [9.17, 15) is 13.6 Å². The Kier molecular flexibility index (Phi) is 5.86. The van der Waals surface area contributed by atoms with Crippen molar-refractivity contribution in [1.29, 1.82) is 0 Å². The van der Waals surface area contributed by atoms with Crippen molar-refractivity contribution in [2.75, 3.05) is 7.05 Å². The standard InChI is InChI=1S/C12H9F2INO.Y/c1-16-11(5-4-10(15)12(16)17)8-3-2-7(13)6-9(8)14;/h2-3,6,10H,4H2,1H3;/q-1;. The van der Waals surface area contributed by atoms with E-state index in [-0.39, 0.29) is 48.1 Å². The van der Waals surface area contributed by atoms with Gasteiger partial charge in [0.2, 0.25) is 5.91 Å². The first kappa shape index (κ1) is 16.2. The summed E-state index contributed by atoms with van der Waals surface area (Å²) in [7, 11) is 1.57. The fourth-order valence-electron chi connectivity index (χ4n) is 1.67. The quantitative estimate of drug-likeness (QED) is 0.376. The number of rotatable bonds is 1. The van der Waals surface area contributed by atoms with Crippen molar-refractivity contribution < 1.29 is 46.3 Å². The van der Waals surface area contributed by atoms with Crippen LogP contribution in [0.2, 0.25) is 0 Å². The van der Waals surface area contributed by atoms with Crippen LogP contribution in [0.4, 0.5) is 8.78 Å². The Morgan fingerprint density at radius 3 is 2.72 bits per heavy atom. The molecule has 1 heterocycles. The Morgan fingerprint density at radius 1 is 1.44 bits per heavy atom. The molecule has 1 aromatic carbocycles. The Balaban J connectivity index is 0.00000162. The van der Waals surface area contributed by atoms with Crippen LogP contribution in [0.15, 0.2) is 18.2 Å². The molecule has 1 amide bonds. The summed E-state index contributed by atoms with van der Waals surface area (Å²) in [4.78, 5) is 13.1. The maximum absolute atomic E-state index is 13.6. The summed E-state index contributed by atoms with van der Waals surface area (Å²) in [6, 6.07) is 3.30. The number of alkyl halides is 1. The molecule has 1 aliphatic heterocycles. The van der Waals surface area contributed by atoms with Crippen molar-refractivity contribution in [3.8, 4) is 0 Å². The van der Waals surface area contributed by atoms with Crippen LogP contribution in [0.25, 0.3) is 5.70 Å². The van der Waals surface area contributed by atoms with E-state index in [1.165, 1.54) is 17.0 Å². The first-order valence-electron chi connectivity index (χ1n) is 4.98. The fourth-order valence-corrected chi connectivity index (χ4v) is 2.31. The van der Waals surface area contributed by atoms with Gasteiger partial charge in [-0.25, -0.2) is 14.9 Å². The summed E-state index contributed by atoms with van der Waals surface area (Å²) < 4.78 is 26.2. The van der Waals surface area contributed by atoms with Crippen LogP contribution < -0.4 is 0 Å². The second kappa shape index (κ2) is 6.52. The second-order valence-electron chi connectivity index (χ2n) is 3.72. The van der Waals surface area contributed by atoms with Crippen LogP contribution in [-0.4, -0.2) is 21.8 Å². The number of carbonyl (C=O) groups excluding carboxylic acids is 1. The predicted octanol–water partition coefficient (Wildman–Crippen LogP) is 2.77. The van der Waals surface area contributed by atoms with Crippen LogP contribution in [0.5, 0.6) is 0 Å². The van der Waals surface area contributed by atoms with Gasteiger partial charge >= 0.3 is 0 Å². The first-order chi connectivity index (χ1) is 8.00. The molecule has 0 saturated heterocycles. The van der Waals surface area contributed by atoms with Crippen LogP contribution in [0, 0.1) is 17.7 Å². The van der Waals surface area contributed by atoms with E-state index < -0.39 is 11.6 Å². The van der Waals surface area contributed by atoms with Crippen LogP contribution in [-0.2, 0) is 37.5 Å².